The second kappa shape index (κ2) is 12.4. The van der Waals surface area contributed by atoms with Gasteiger partial charge in [0.25, 0.3) is 0 Å². The number of piperidine rings is 1. The zero-order valence-electron chi connectivity index (χ0n) is 15.1. The number of nitrogens with one attached hydrogen (secondary N) is 1. The largest absolute Gasteiger partial charge is 0.497 e. The Morgan fingerprint density at radius 1 is 1.20 bits per heavy atom. The highest BCUT2D eigenvalue weighted by atomic mass is 35.5. The summed E-state index contributed by atoms with van der Waals surface area (Å²) in [5.41, 5.74) is 6.92. The maximum Gasteiger partial charge on any atom is 0.221 e. The van der Waals surface area contributed by atoms with Crippen molar-refractivity contribution in [3.05, 3.63) is 29.8 Å². The molecular weight excluding hydrogens is 361 g/mol. The van der Waals surface area contributed by atoms with Gasteiger partial charge in [0.15, 0.2) is 0 Å². The fourth-order valence-corrected chi connectivity index (χ4v) is 3.09. The number of nitrogens with two attached hydrogens (primary N) is 1. The van der Waals surface area contributed by atoms with Gasteiger partial charge in [-0.1, -0.05) is 18.6 Å². The number of ether oxygens (including phenoxy) is 1. The number of benzene rings is 1. The third-order valence-electron chi connectivity index (χ3n) is 4.33. The fourth-order valence-electron chi connectivity index (χ4n) is 3.09. The molecule has 0 saturated carbocycles. The quantitative estimate of drug-likeness (QED) is 0.749. The van der Waals surface area contributed by atoms with Crippen LogP contribution in [-0.4, -0.2) is 43.6 Å². The summed E-state index contributed by atoms with van der Waals surface area (Å²) in [4.78, 5) is 14.4. The highest BCUT2D eigenvalue weighted by Gasteiger charge is 2.23. The molecule has 0 aliphatic carbocycles. The van der Waals surface area contributed by atoms with Crippen molar-refractivity contribution in [2.75, 3.05) is 26.7 Å². The molecule has 1 saturated heterocycles. The summed E-state index contributed by atoms with van der Waals surface area (Å²) in [7, 11) is 1.67. The molecule has 1 fully saturated rings. The van der Waals surface area contributed by atoms with Crippen molar-refractivity contribution >= 4 is 30.7 Å². The molecule has 1 aromatic rings. The molecule has 25 heavy (non-hydrogen) atoms. The van der Waals surface area contributed by atoms with E-state index in [1.807, 2.05) is 19.1 Å². The van der Waals surface area contributed by atoms with Crippen molar-refractivity contribution in [1.82, 2.24) is 10.2 Å². The first-order valence-electron chi connectivity index (χ1n) is 8.50. The molecule has 0 aromatic heterocycles. The average molecular weight is 392 g/mol. The Morgan fingerprint density at radius 2 is 1.80 bits per heavy atom. The molecule has 0 bridgehead atoms. The van der Waals surface area contributed by atoms with Gasteiger partial charge in [-0.15, -0.1) is 24.8 Å². The highest BCUT2D eigenvalue weighted by molar-refractivity contribution is 5.85. The van der Waals surface area contributed by atoms with E-state index < -0.39 is 0 Å². The van der Waals surface area contributed by atoms with Gasteiger partial charge in [0.1, 0.15) is 5.75 Å². The lowest BCUT2D eigenvalue weighted by atomic mass is 10.0. The molecule has 1 heterocycles. The van der Waals surface area contributed by atoms with E-state index in [1.54, 1.807) is 7.11 Å². The summed E-state index contributed by atoms with van der Waals surface area (Å²) < 4.78 is 5.24. The molecule has 144 valence electrons. The smallest absolute Gasteiger partial charge is 0.221 e. The Labute approximate surface area is 163 Å². The van der Waals surface area contributed by atoms with Gasteiger partial charge in [-0.25, -0.2) is 0 Å². The summed E-state index contributed by atoms with van der Waals surface area (Å²) in [6.07, 6.45) is 4.11. The van der Waals surface area contributed by atoms with E-state index in [2.05, 4.69) is 22.3 Å². The van der Waals surface area contributed by atoms with Crippen LogP contribution in [0.4, 0.5) is 0 Å². The SMILES string of the molecule is COc1ccc(C(CNC(=O)CC(C)N)N2CCCCC2)cc1.Cl.Cl. The second-order valence-electron chi connectivity index (χ2n) is 6.37. The Hall–Kier alpha value is -1.01. The van der Waals surface area contributed by atoms with Crippen LogP contribution in [0.3, 0.4) is 0 Å². The number of carbonyl (C=O) groups is 1. The lowest BCUT2D eigenvalue weighted by Crippen LogP contribution is -2.41. The normalized spacial score (nSPS) is 16.8. The van der Waals surface area contributed by atoms with Gasteiger partial charge in [-0.2, -0.15) is 0 Å². The predicted molar refractivity (Wildman–Crippen MR) is 107 cm³/mol. The van der Waals surface area contributed by atoms with E-state index in [0.29, 0.717) is 13.0 Å². The molecule has 2 unspecified atom stereocenters. The molecule has 0 radical (unpaired) electrons. The van der Waals surface area contributed by atoms with Crippen LogP contribution in [0.2, 0.25) is 0 Å². The lowest BCUT2D eigenvalue weighted by Gasteiger charge is -2.35. The first-order chi connectivity index (χ1) is 11.1. The van der Waals surface area contributed by atoms with Gasteiger partial charge >= 0.3 is 0 Å². The Balaban J connectivity index is 0.00000288. The first-order valence-corrected chi connectivity index (χ1v) is 8.50. The fraction of sp³-hybridized carbons (Fsp3) is 0.611. The van der Waals surface area contributed by atoms with E-state index in [-0.39, 0.29) is 42.8 Å². The zero-order valence-corrected chi connectivity index (χ0v) is 16.7. The van der Waals surface area contributed by atoms with Crippen molar-refractivity contribution < 1.29 is 9.53 Å². The molecule has 1 aromatic carbocycles. The van der Waals surface area contributed by atoms with Crippen LogP contribution in [0.1, 0.15) is 44.2 Å². The minimum atomic E-state index is -0.107. The lowest BCUT2D eigenvalue weighted by molar-refractivity contribution is -0.121. The topological polar surface area (TPSA) is 67.6 Å². The van der Waals surface area contributed by atoms with Crippen LogP contribution >= 0.6 is 24.8 Å². The number of nitrogens with zero attached hydrogens (tertiary/aromatic N) is 1. The second-order valence-corrected chi connectivity index (χ2v) is 6.37. The molecule has 1 amide bonds. The predicted octanol–water partition coefficient (Wildman–Crippen LogP) is 2.92. The molecule has 3 N–H and O–H groups in total. The van der Waals surface area contributed by atoms with E-state index in [0.717, 1.165) is 18.8 Å². The van der Waals surface area contributed by atoms with E-state index in [1.165, 1.54) is 24.8 Å². The Kier molecular flexibility index (Phi) is 11.9. The number of hydrogen-bond donors (Lipinski definition) is 2. The molecular formula is C18H31Cl2N3O2. The van der Waals surface area contributed by atoms with Crippen molar-refractivity contribution in [2.45, 2.75) is 44.7 Å². The van der Waals surface area contributed by atoms with E-state index >= 15 is 0 Å². The number of halogens is 2. The summed E-state index contributed by atoms with van der Waals surface area (Å²) in [6.45, 7) is 4.64. The maximum atomic E-state index is 11.9. The van der Waals surface area contributed by atoms with Crippen molar-refractivity contribution in [1.29, 1.82) is 0 Å². The van der Waals surface area contributed by atoms with Gasteiger partial charge in [0.2, 0.25) is 5.91 Å². The number of methoxy groups -OCH3 is 1. The van der Waals surface area contributed by atoms with Gasteiger partial charge in [0, 0.05) is 19.0 Å². The van der Waals surface area contributed by atoms with Gasteiger partial charge < -0.3 is 15.8 Å². The summed E-state index contributed by atoms with van der Waals surface area (Å²) in [6, 6.07) is 8.25. The third-order valence-corrected chi connectivity index (χ3v) is 4.33. The van der Waals surface area contributed by atoms with Crippen molar-refractivity contribution in [3.63, 3.8) is 0 Å². The minimum absolute atomic E-state index is 0. The number of hydrogen-bond acceptors (Lipinski definition) is 4. The first kappa shape index (κ1) is 24.0. The van der Waals surface area contributed by atoms with Crippen molar-refractivity contribution in [2.24, 2.45) is 5.73 Å². The molecule has 0 spiro atoms. The minimum Gasteiger partial charge on any atom is -0.497 e. The maximum absolute atomic E-state index is 11.9. The molecule has 7 heteroatoms. The van der Waals surface area contributed by atoms with Crippen LogP contribution in [-0.2, 0) is 4.79 Å². The summed E-state index contributed by atoms with van der Waals surface area (Å²) in [5.74, 6) is 0.877. The van der Waals surface area contributed by atoms with Crippen LogP contribution < -0.4 is 15.8 Å². The molecule has 1 aliphatic rings. The number of amides is 1. The highest BCUT2D eigenvalue weighted by Crippen LogP contribution is 2.25. The van der Waals surface area contributed by atoms with Crippen LogP contribution in [0, 0.1) is 0 Å². The van der Waals surface area contributed by atoms with E-state index in [9.17, 15) is 4.79 Å². The van der Waals surface area contributed by atoms with Gasteiger partial charge in [0.05, 0.1) is 13.2 Å². The summed E-state index contributed by atoms with van der Waals surface area (Å²) in [5, 5.41) is 3.05. The van der Waals surface area contributed by atoms with Crippen LogP contribution in [0.25, 0.3) is 0 Å². The number of carbonyl (C=O) groups excluding carboxylic acids is 1. The van der Waals surface area contributed by atoms with Crippen LogP contribution in [0.15, 0.2) is 24.3 Å². The monoisotopic (exact) mass is 391 g/mol. The van der Waals surface area contributed by atoms with E-state index in [4.69, 9.17) is 10.5 Å². The molecule has 1 aliphatic heterocycles. The van der Waals surface area contributed by atoms with Crippen molar-refractivity contribution in [3.8, 4) is 5.75 Å². The Morgan fingerprint density at radius 3 is 2.32 bits per heavy atom. The zero-order chi connectivity index (χ0) is 16.7. The van der Waals surface area contributed by atoms with Gasteiger partial charge in [-0.05, 0) is 50.6 Å². The summed E-state index contributed by atoms with van der Waals surface area (Å²) >= 11 is 0. The standard InChI is InChI=1S/C18H29N3O2.2ClH/c1-14(19)12-18(22)20-13-17(21-10-4-3-5-11-21)15-6-8-16(23-2)9-7-15;;/h6-9,14,17H,3-5,10-13,19H2,1-2H3,(H,20,22);2*1H. The average Bonchev–Trinajstić information content (AvgIpc) is 2.56. The number of likely N-dealkylation sites (tertiary alicyclic amines) is 1. The molecule has 5 nitrogen and oxygen atoms in total. The third kappa shape index (κ3) is 7.82. The molecule has 2 atom stereocenters. The van der Waals surface area contributed by atoms with Gasteiger partial charge in [-0.3, -0.25) is 9.69 Å². The number of rotatable bonds is 7. The molecule has 2 rings (SSSR count). The van der Waals surface area contributed by atoms with Crippen LogP contribution in [0.5, 0.6) is 5.75 Å². The Bertz CT molecular complexity index is 492.